The lowest BCUT2D eigenvalue weighted by Gasteiger charge is -2.36. The third-order valence-corrected chi connectivity index (χ3v) is 5.70. The van der Waals surface area contributed by atoms with E-state index in [-0.39, 0.29) is 17.9 Å². The third kappa shape index (κ3) is 4.77. The summed E-state index contributed by atoms with van der Waals surface area (Å²) in [5, 5.41) is 6.95. The summed E-state index contributed by atoms with van der Waals surface area (Å²) in [5.74, 6) is 1.02. The van der Waals surface area contributed by atoms with Crippen LogP contribution >= 0.6 is 0 Å². The number of anilines is 1. The topological polar surface area (TPSA) is 104 Å². The van der Waals surface area contributed by atoms with E-state index in [9.17, 15) is 9.59 Å². The van der Waals surface area contributed by atoms with Gasteiger partial charge in [0.1, 0.15) is 0 Å². The molecule has 1 fully saturated rings. The molecule has 1 N–H and O–H groups in total. The van der Waals surface area contributed by atoms with E-state index in [0.29, 0.717) is 43.3 Å². The van der Waals surface area contributed by atoms with Gasteiger partial charge in [-0.3, -0.25) is 9.78 Å². The fourth-order valence-electron chi connectivity index (χ4n) is 3.44. The van der Waals surface area contributed by atoms with E-state index >= 15 is 0 Å². The van der Waals surface area contributed by atoms with Gasteiger partial charge < -0.3 is 19.6 Å². The molecule has 3 amide bonds. The first kappa shape index (κ1) is 21.5. The molecule has 0 bridgehead atoms. The van der Waals surface area contributed by atoms with E-state index in [1.165, 1.54) is 5.56 Å². The van der Waals surface area contributed by atoms with Crippen LogP contribution in [-0.2, 0) is 6.42 Å². The van der Waals surface area contributed by atoms with E-state index < -0.39 is 0 Å². The average Bonchev–Trinajstić information content (AvgIpc) is 3.22. The molecule has 32 heavy (non-hydrogen) atoms. The Morgan fingerprint density at radius 3 is 2.62 bits per heavy atom. The zero-order chi connectivity index (χ0) is 22.7. The molecule has 3 heterocycles. The van der Waals surface area contributed by atoms with Crippen LogP contribution in [-0.4, -0.2) is 63.5 Å². The van der Waals surface area contributed by atoms with Crippen molar-refractivity contribution in [3.63, 3.8) is 0 Å². The van der Waals surface area contributed by atoms with Gasteiger partial charge >= 0.3 is 6.03 Å². The number of urea groups is 1. The monoisotopic (exact) mass is 434 g/mol. The highest BCUT2D eigenvalue weighted by Crippen LogP contribution is 2.26. The summed E-state index contributed by atoms with van der Waals surface area (Å²) >= 11 is 0. The van der Waals surface area contributed by atoms with Gasteiger partial charge in [0.15, 0.2) is 5.82 Å². The number of hydrogen-bond acceptors (Lipinski definition) is 6. The second-order valence-corrected chi connectivity index (χ2v) is 8.09. The zero-order valence-corrected chi connectivity index (χ0v) is 18.4. The lowest BCUT2D eigenvalue weighted by atomic mass is 10.0. The number of hydrogen-bond donors (Lipinski definition) is 1. The van der Waals surface area contributed by atoms with Crippen LogP contribution < -0.4 is 5.32 Å². The van der Waals surface area contributed by atoms with E-state index in [1.54, 1.807) is 41.4 Å². The van der Waals surface area contributed by atoms with Crippen molar-refractivity contribution in [1.82, 2.24) is 24.9 Å². The summed E-state index contributed by atoms with van der Waals surface area (Å²) in [6.45, 7) is 5.58. The molecular formula is C23H26N6O3. The number of pyridine rings is 1. The van der Waals surface area contributed by atoms with Crippen molar-refractivity contribution in [2.75, 3.05) is 32.0 Å². The van der Waals surface area contributed by atoms with Crippen LogP contribution in [0.5, 0.6) is 0 Å². The molecule has 0 atom stereocenters. The number of carbonyl (C=O) groups is 2. The summed E-state index contributed by atoms with van der Waals surface area (Å²) in [6, 6.07) is 9.09. The fraction of sp³-hybridized carbons (Fsp3) is 0.348. The average molecular weight is 435 g/mol. The molecule has 2 aromatic heterocycles. The smallest absolute Gasteiger partial charge is 0.321 e. The lowest BCUT2D eigenvalue weighted by molar-refractivity contribution is 0.0795. The molecule has 166 valence electrons. The van der Waals surface area contributed by atoms with Gasteiger partial charge in [-0.1, -0.05) is 11.2 Å². The Balaban J connectivity index is 1.24. The SMILES string of the molecule is Cc1ccc(NC(=O)N2CC(c3nc(CCN(C)C(=O)c4ccncc4)no3)C2)cc1C. The molecule has 0 radical (unpaired) electrons. The van der Waals surface area contributed by atoms with E-state index in [2.05, 4.69) is 20.4 Å². The third-order valence-electron chi connectivity index (χ3n) is 5.70. The molecule has 0 aliphatic carbocycles. The molecule has 0 unspecified atom stereocenters. The van der Waals surface area contributed by atoms with Gasteiger partial charge in [-0.25, -0.2) is 4.79 Å². The number of aromatic nitrogens is 3. The van der Waals surface area contributed by atoms with Gasteiger partial charge in [-0.2, -0.15) is 4.98 Å². The highest BCUT2D eigenvalue weighted by atomic mass is 16.5. The van der Waals surface area contributed by atoms with Gasteiger partial charge in [-0.15, -0.1) is 0 Å². The maximum Gasteiger partial charge on any atom is 0.321 e. The van der Waals surface area contributed by atoms with E-state index in [0.717, 1.165) is 11.3 Å². The highest BCUT2D eigenvalue weighted by molar-refractivity contribution is 5.93. The number of benzene rings is 1. The van der Waals surface area contributed by atoms with Crippen molar-refractivity contribution in [2.24, 2.45) is 0 Å². The van der Waals surface area contributed by atoms with Gasteiger partial charge in [0.2, 0.25) is 5.89 Å². The Kier molecular flexibility index (Phi) is 6.16. The summed E-state index contributed by atoms with van der Waals surface area (Å²) in [6.07, 6.45) is 3.67. The second-order valence-electron chi connectivity index (χ2n) is 8.09. The summed E-state index contributed by atoms with van der Waals surface area (Å²) in [4.78, 5) is 36.5. The Labute approximate surface area is 186 Å². The predicted molar refractivity (Wildman–Crippen MR) is 118 cm³/mol. The van der Waals surface area contributed by atoms with Gasteiger partial charge in [0, 0.05) is 56.7 Å². The molecular weight excluding hydrogens is 408 g/mol. The van der Waals surface area contributed by atoms with Gasteiger partial charge in [-0.05, 0) is 49.2 Å². The molecule has 1 saturated heterocycles. The number of likely N-dealkylation sites (N-methyl/N-ethyl adjacent to an activating group) is 1. The van der Waals surface area contributed by atoms with E-state index in [4.69, 9.17) is 4.52 Å². The van der Waals surface area contributed by atoms with Crippen LogP contribution in [0.3, 0.4) is 0 Å². The van der Waals surface area contributed by atoms with Crippen molar-refractivity contribution in [3.8, 4) is 0 Å². The second kappa shape index (κ2) is 9.17. The lowest BCUT2D eigenvalue weighted by Crippen LogP contribution is -2.50. The molecule has 4 rings (SSSR count). The Hall–Kier alpha value is -3.75. The Morgan fingerprint density at radius 1 is 1.16 bits per heavy atom. The van der Waals surface area contributed by atoms with Crippen molar-refractivity contribution in [2.45, 2.75) is 26.2 Å². The van der Waals surface area contributed by atoms with Crippen molar-refractivity contribution in [3.05, 3.63) is 71.1 Å². The minimum Gasteiger partial charge on any atom is -0.341 e. The number of rotatable bonds is 6. The van der Waals surface area contributed by atoms with Crippen LogP contribution in [0, 0.1) is 13.8 Å². The first-order valence-corrected chi connectivity index (χ1v) is 10.5. The first-order chi connectivity index (χ1) is 15.4. The van der Waals surface area contributed by atoms with Crippen LogP contribution in [0.4, 0.5) is 10.5 Å². The standard InChI is InChI=1S/C23H26N6O3/c1-15-4-5-19(12-16(15)2)25-23(31)29-13-18(14-29)21-26-20(27-32-21)8-11-28(3)22(30)17-6-9-24-10-7-17/h4-7,9-10,12,18H,8,11,13-14H2,1-3H3,(H,25,31). The number of carbonyl (C=O) groups excluding carboxylic acids is 2. The van der Waals surface area contributed by atoms with Crippen LogP contribution in [0.25, 0.3) is 0 Å². The van der Waals surface area contributed by atoms with Gasteiger partial charge in [0.05, 0.1) is 5.92 Å². The summed E-state index contributed by atoms with van der Waals surface area (Å²) in [7, 11) is 1.74. The first-order valence-electron chi connectivity index (χ1n) is 10.5. The van der Waals surface area contributed by atoms with Crippen LogP contribution in [0.2, 0.25) is 0 Å². The molecule has 0 saturated carbocycles. The number of amides is 3. The molecule has 9 nitrogen and oxygen atoms in total. The quantitative estimate of drug-likeness (QED) is 0.639. The molecule has 1 aliphatic rings. The fourth-order valence-corrected chi connectivity index (χ4v) is 3.44. The Morgan fingerprint density at radius 2 is 1.91 bits per heavy atom. The van der Waals surface area contributed by atoms with Gasteiger partial charge in [0.25, 0.3) is 5.91 Å². The maximum atomic E-state index is 12.4. The molecule has 9 heteroatoms. The van der Waals surface area contributed by atoms with Crippen molar-refractivity contribution in [1.29, 1.82) is 0 Å². The maximum absolute atomic E-state index is 12.4. The minimum absolute atomic E-state index is 0.0259. The normalized spacial score (nSPS) is 13.5. The molecule has 1 aliphatic heterocycles. The van der Waals surface area contributed by atoms with Crippen LogP contribution in [0.1, 0.15) is 39.1 Å². The molecule has 0 spiro atoms. The highest BCUT2D eigenvalue weighted by Gasteiger charge is 2.35. The molecule has 1 aromatic carbocycles. The Bertz CT molecular complexity index is 1110. The summed E-state index contributed by atoms with van der Waals surface area (Å²) in [5.41, 5.74) is 3.69. The number of nitrogens with one attached hydrogen (secondary N) is 1. The van der Waals surface area contributed by atoms with Crippen molar-refractivity contribution < 1.29 is 14.1 Å². The predicted octanol–water partition coefficient (Wildman–Crippen LogP) is 3.03. The van der Waals surface area contributed by atoms with E-state index in [1.807, 2.05) is 32.0 Å². The van der Waals surface area contributed by atoms with Crippen molar-refractivity contribution >= 4 is 17.6 Å². The van der Waals surface area contributed by atoms with Crippen LogP contribution in [0.15, 0.2) is 47.2 Å². The number of likely N-dealkylation sites (tertiary alicyclic amines) is 1. The summed E-state index contributed by atoms with van der Waals surface area (Å²) < 4.78 is 5.39. The number of nitrogens with zero attached hydrogens (tertiary/aromatic N) is 5. The minimum atomic E-state index is -0.138. The zero-order valence-electron chi connectivity index (χ0n) is 18.4. The molecule has 3 aromatic rings. The largest absolute Gasteiger partial charge is 0.341 e. The number of aryl methyl sites for hydroxylation is 2.